The van der Waals surface area contributed by atoms with Crippen molar-refractivity contribution in [1.82, 2.24) is 21.3 Å². The van der Waals surface area contributed by atoms with Crippen LogP contribution in [0.15, 0.2) is 0 Å². The van der Waals surface area contributed by atoms with Crippen LogP contribution in [0.25, 0.3) is 0 Å². The van der Waals surface area contributed by atoms with Crippen LogP contribution >= 0.6 is 0 Å². The third-order valence-corrected chi connectivity index (χ3v) is 5.77. The lowest BCUT2D eigenvalue weighted by molar-refractivity contribution is -0.144. The monoisotopic (exact) mass is 470 g/mol. The number of nitrogens with one attached hydrogen (secondary N) is 4. The van der Waals surface area contributed by atoms with Crippen molar-refractivity contribution in [2.45, 2.75) is 83.0 Å². The van der Waals surface area contributed by atoms with Crippen molar-refractivity contribution >= 4 is 29.6 Å². The van der Waals surface area contributed by atoms with Crippen LogP contribution in [0.3, 0.4) is 0 Å². The number of unbranched alkanes of at least 4 members (excludes halogenated alkanes) is 1. The van der Waals surface area contributed by atoms with Gasteiger partial charge in [-0.1, -0.05) is 20.3 Å². The number of primary amides is 1. The molecule has 0 aliphatic carbocycles. The number of carbonyl (C=O) groups excluding carboxylic acids is 4. The highest BCUT2D eigenvalue weighted by Gasteiger charge is 2.33. The number of hydrogen-bond donors (Lipinski definition) is 7. The van der Waals surface area contributed by atoms with Gasteiger partial charge < -0.3 is 37.8 Å². The van der Waals surface area contributed by atoms with Crippen LogP contribution in [0, 0.1) is 5.92 Å². The number of carbonyl (C=O) groups is 5. The first-order valence-corrected chi connectivity index (χ1v) is 11.5. The van der Waals surface area contributed by atoms with Gasteiger partial charge in [-0.05, 0) is 51.1 Å². The minimum absolute atomic E-state index is 0.280. The third kappa shape index (κ3) is 9.74. The van der Waals surface area contributed by atoms with E-state index in [0.717, 1.165) is 13.0 Å². The summed E-state index contributed by atoms with van der Waals surface area (Å²) in [5.41, 5.74) is 10.6. The van der Waals surface area contributed by atoms with Crippen LogP contribution in [0.2, 0.25) is 0 Å². The summed E-state index contributed by atoms with van der Waals surface area (Å²) >= 11 is 0. The summed E-state index contributed by atoms with van der Waals surface area (Å²) in [5.74, 6) is -4.19. The van der Waals surface area contributed by atoms with Crippen LogP contribution in [0.1, 0.15) is 58.8 Å². The van der Waals surface area contributed by atoms with Gasteiger partial charge in [0, 0.05) is 0 Å². The van der Waals surface area contributed by atoms with E-state index in [1.54, 1.807) is 6.92 Å². The van der Waals surface area contributed by atoms with Crippen LogP contribution < -0.4 is 32.7 Å². The maximum Gasteiger partial charge on any atom is 0.326 e. The van der Waals surface area contributed by atoms with Crippen molar-refractivity contribution in [3.8, 4) is 0 Å². The molecule has 4 amide bonds. The second kappa shape index (κ2) is 14.4. The summed E-state index contributed by atoms with van der Waals surface area (Å²) in [6.07, 6.45) is 3.11. The summed E-state index contributed by atoms with van der Waals surface area (Å²) in [6, 6.07) is -3.80. The lowest BCUT2D eigenvalue weighted by Gasteiger charge is -2.28. The molecule has 0 aromatic rings. The third-order valence-electron chi connectivity index (χ3n) is 5.77. The van der Waals surface area contributed by atoms with Crippen molar-refractivity contribution in [3.63, 3.8) is 0 Å². The molecule has 9 N–H and O–H groups in total. The molecule has 1 fully saturated rings. The molecule has 1 aliphatic rings. The lowest BCUT2D eigenvalue weighted by Crippen LogP contribution is -2.58. The molecule has 0 bridgehead atoms. The topological polar surface area (TPSA) is 206 Å². The smallest absolute Gasteiger partial charge is 0.326 e. The molecule has 1 saturated heterocycles. The van der Waals surface area contributed by atoms with E-state index in [-0.39, 0.29) is 17.9 Å². The number of nitrogens with two attached hydrogens (primary N) is 2. The van der Waals surface area contributed by atoms with Crippen LogP contribution in [0.4, 0.5) is 0 Å². The largest absolute Gasteiger partial charge is 0.480 e. The number of carboxylic acid groups (broad SMARTS) is 1. The summed E-state index contributed by atoms with van der Waals surface area (Å²) < 4.78 is 0. The van der Waals surface area contributed by atoms with Gasteiger partial charge in [-0.2, -0.15) is 0 Å². The van der Waals surface area contributed by atoms with E-state index in [0.29, 0.717) is 38.6 Å². The van der Waals surface area contributed by atoms with Gasteiger partial charge in [-0.15, -0.1) is 0 Å². The molecule has 1 rings (SSSR count). The Labute approximate surface area is 194 Å². The summed E-state index contributed by atoms with van der Waals surface area (Å²) in [5, 5.41) is 20.1. The second-order valence-electron chi connectivity index (χ2n) is 8.44. The fourth-order valence-electron chi connectivity index (χ4n) is 3.56. The molecule has 5 atom stereocenters. The first-order valence-electron chi connectivity index (χ1n) is 11.5. The van der Waals surface area contributed by atoms with Gasteiger partial charge in [0.25, 0.3) is 0 Å². The predicted molar refractivity (Wildman–Crippen MR) is 121 cm³/mol. The standard InChI is InChI=1S/C21H38N6O6/c1-3-12(2)17(20(31)26-15(21(32)33)11-16(23)28)27-19(30)14(7-4-5-9-22)25-18(29)13-8-6-10-24-13/h12-15,17,24H,3-11,22H2,1-2H3,(H2,23,28)(H,25,29)(H,26,31)(H,27,30)(H,32,33). The van der Waals surface area contributed by atoms with Crippen LogP contribution in [-0.4, -0.2) is 72.0 Å². The molecule has 5 unspecified atom stereocenters. The van der Waals surface area contributed by atoms with Gasteiger partial charge in [0.1, 0.15) is 18.1 Å². The van der Waals surface area contributed by atoms with E-state index in [1.165, 1.54) is 0 Å². The number of aliphatic carboxylic acids is 1. The fourth-order valence-corrected chi connectivity index (χ4v) is 3.56. The van der Waals surface area contributed by atoms with E-state index in [1.807, 2.05) is 6.92 Å². The van der Waals surface area contributed by atoms with E-state index in [2.05, 4.69) is 21.3 Å². The Balaban J connectivity index is 2.94. The van der Waals surface area contributed by atoms with Gasteiger partial charge in [-0.25, -0.2) is 4.79 Å². The maximum absolute atomic E-state index is 13.1. The number of rotatable bonds is 15. The van der Waals surface area contributed by atoms with E-state index in [4.69, 9.17) is 11.5 Å². The second-order valence-corrected chi connectivity index (χ2v) is 8.44. The number of amides is 4. The van der Waals surface area contributed by atoms with E-state index >= 15 is 0 Å². The lowest BCUT2D eigenvalue weighted by atomic mass is 9.96. The molecule has 0 radical (unpaired) electrons. The molecule has 1 heterocycles. The minimum atomic E-state index is -1.51. The number of carboxylic acids is 1. The minimum Gasteiger partial charge on any atom is -0.480 e. The molecule has 0 aromatic heterocycles. The van der Waals surface area contributed by atoms with Crippen molar-refractivity contribution in [3.05, 3.63) is 0 Å². The van der Waals surface area contributed by atoms with Gasteiger partial charge in [0.15, 0.2) is 0 Å². The SMILES string of the molecule is CCC(C)C(NC(=O)C(CCCCN)NC(=O)C1CCCN1)C(=O)NC(CC(N)=O)C(=O)O. The zero-order chi connectivity index (χ0) is 25.0. The highest BCUT2D eigenvalue weighted by atomic mass is 16.4. The van der Waals surface area contributed by atoms with Crippen LogP contribution in [0.5, 0.6) is 0 Å². The zero-order valence-electron chi connectivity index (χ0n) is 19.4. The Bertz CT molecular complexity index is 697. The Kier molecular flexibility index (Phi) is 12.4. The molecule has 12 heteroatoms. The van der Waals surface area contributed by atoms with Gasteiger partial charge in [-0.3, -0.25) is 19.2 Å². The highest BCUT2D eigenvalue weighted by molar-refractivity contribution is 5.95. The predicted octanol–water partition coefficient (Wildman–Crippen LogP) is -1.67. The fraction of sp³-hybridized carbons (Fsp3) is 0.762. The average Bonchev–Trinajstić information content (AvgIpc) is 3.30. The zero-order valence-corrected chi connectivity index (χ0v) is 19.4. The Hall–Kier alpha value is -2.73. The van der Waals surface area contributed by atoms with Crippen LogP contribution in [-0.2, 0) is 24.0 Å². The molecular formula is C21H38N6O6. The molecule has 12 nitrogen and oxygen atoms in total. The molecule has 0 spiro atoms. The van der Waals surface area contributed by atoms with Gasteiger partial charge >= 0.3 is 5.97 Å². The molecule has 33 heavy (non-hydrogen) atoms. The first kappa shape index (κ1) is 28.3. The van der Waals surface area contributed by atoms with Crippen molar-refractivity contribution in [2.75, 3.05) is 13.1 Å². The Morgan fingerprint density at radius 1 is 1.06 bits per heavy atom. The van der Waals surface area contributed by atoms with E-state index < -0.39 is 48.2 Å². The number of hydrogen-bond acceptors (Lipinski definition) is 7. The Morgan fingerprint density at radius 2 is 1.76 bits per heavy atom. The molecule has 188 valence electrons. The quantitative estimate of drug-likeness (QED) is 0.137. The van der Waals surface area contributed by atoms with Crippen molar-refractivity contribution < 1.29 is 29.1 Å². The van der Waals surface area contributed by atoms with E-state index in [9.17, 15) is 29.1 Å². The van der Waals surface area contributed by atoms with Gasteiger partial charge in [0.2, 0.25) is 23.6 Å². The normalized spacial score (nSPS) is 19.1. The highest BCUT2D eigenvalue weighted by Crippen LogP contribution is 2.12. The summed E-state index contributed by atoms with van der Waals surface area (Å²) in [4.78, 5) is 61.0. The van der Waals surface area contributed by atoms with Crippen molar-refractivity contribution in [1.29, 1.82) is 0 Å². The maximum atomic E-state index is 13.1. The van der Waals surface area contributed by atoms with Gasteiger partial charge in [0.05, 0.1) is 12.5 Å². The molecule has 0 saturated carbocycles. The Morgan fingerprint density at radius 3 is 2.27 bits per heavy atom. The molecular weight excluding hydrogens is 432 g/mol. The van der Waals surface area contributed by atoms with Crippen molar-refractivity contribution in [2.24, 2.45) is 17.4 Å². The summed E-state index contributed by atoms with van der Waals surface area (Å²) in [7, 11) is 0. The summed E-state index contributed by atoms with van der Waals surface area (Å²) in [6.45, 7) is 4.73. The molecule has 1 aliphatic heterocycles. The molecule has 0 aromatic carbocycles. The first-order chi connectivity index (χ1) is 15.6. The average molecular weight is 471 g/mol.